The number of alkyl halides is 3. The van der Waals surface area contributed by atoms with Crippen LogP contribution in [0.1, 0.15) is 30.2 Å². The molecule has 1 atom stereocenters. The van der Waals surface area contributed by atoms with Gasteiger partial charge in [0.15, 0.2) is 12.4 Å². The quantitative estimate of drug-likeness (QED) is 0.533. The predicted octanol–water partition coefficient (Wildman–Crippen LogP) is 4.99. The Kier molecular flexibility index (Phi) is 7.45. The molecule has 5 nitrogen and oxygen atoms in total. The first-order valence-electron chi connectivity index (χ1n) is 10.2. The number of amides is 1. The lowest BCUT2D eigenvalue weighted by Gasteiger charge is -2.14. The molecular formula is C24H24F3N3O2. The van der Waals surface area contributed by atoms with Crippen molar-refractivity contribution in [3.63, 3.8) is 0 Å². The largest absolute Gasteiger partial charge is 0.467 e. The van der Waals surface area contributed by atoms with Crippen LogP contribution in [-0.4, -0.2) is 28.5 Å². The number of aryl methyl sites for hydroxylation is 2. The van der Waals surface area contributed by atoms with Gasteiger partial charge in [0, 0.05) is 23.4 Å². The Hall–Kier alpha value is -3.42. The lowest BCUT2D eigenvalue weighted by molar-refractivity contribution is -0.137. The third-order valence-electron chi connectivity index (χ3n) is 4.77. The molecule has 3 rings (SSSR count). The van der Waals surface area contributed by atoms with E-state index >= 15 is 0 Å². The Bertz CT molecular complexity index is 1040. The maximum absolute atomic E-state index is 12.8. The molecule has 0 radical (unpaired) electrons. The summed E-state index contributed by atoms with van der Waals surface area (Å²) in [5.41, 5.74) is 1.45. The summed E-state index contributed by atoms with van der Waals surface area (Å²) in [4.78, 5) is 20.7. The topological polar surface area (TPSA) is 64.1 Å². The highest BCUT2D eigenvalue weighted by molar-refractivity contribution is 5.77. The van der Waals surface area contributed by atoms with Crippen molar-refractivity contribution >= 4 is 5.91 Å². The highest BCUT2D eigenvalue weighted by atomic mass is 19.4. The minimum atomic E-state index is -4.41. The summed E-state index contributed by atoms with van der Waals surface area (Å²) in [6.45, 7) is 3.42. The summed E-state index contributed by atoms with van der Waals surface area (Å²) in [5.74, 6) is 0.128. The third kappa shape index (κ3) is 6.80. The van der Waals surface area contributed by atoms with Gasteiger partial charge in [-0.05, 0) is 44.4 Å². The minimum Gasteiger partial charge on any atom is -0.467 e. The molecule has 32 heavy (non-hydrogen) atoms. The van der Waals surface area contributed by atoms with Gasteiger partial charge in [0.25, 0.3) is 5.91 Å². The van der Waals surface area contributed by atoms with E-state index in [1.807, 2.05) is 37.3 Å². The number of ether oxygens (including phenoxy) is 1. The Morgan fingerprint density at radius 2 is 1.75 bits per heavy atom. The summed E-state index contributed by atoms with van der Waals surface area (Å²) >= 11 is 0. The first-order valence-corrected chi connectivity index (χ1v) is 10.2. The van der Waals surface area contributed by atoms with E-state index in [0.717, 1.165) is 25.0 Å². The predicted molar refractivity (Wildman–Crippen MR) is 115 cm³/mol. The number of benzene rings is 2. The molecule has 0 aliphatic rings. The molecule has 0 bridgehead atoms. The van der Waals surface area contributed by atoms with Gasteiger partial charge in [-0.25, -0.2) is 4.98 Å². The highest BCUT2D eigenvalue weighted by Crippen LogP contribution is 2.30. The molecule has 0 saturated carbocycles. The fourth-order valence-electron chi connectivity index (χ4n) is 3.11. The zero-order chi connectivity index (χ0) is 23.1. The van der Waals surface area contributed by atoms with E-state index in [-0.39, 0.29) is 30.3 Å². The van der Waals surface area contributed by atoms with Crippen molar-refractivity contribution < 1.29 is 22.7 Å². The molecule has 8 heteroatoms. The number of hydrogen-bond acceptors (Lipinski definition) is 4. The van der Waals surface area contributed by atoms with Crippen molar-refractivity contribution in [2.75, 3.05) is 6.61 Å². The summed E-state index contributed by atoms with van der Waals surface area (Å²) in [6.07, 6.45) is -2.77. The lowest BCUT2D eigenvalue weighted by Crippen LogP contribution is -2.36. The van der Waals surface area contributed by atoms with Gasteiger partial charge in [0.2, 0.25) is 5.88 Å². The van der Waals surface area contributed by atoms with Crippen LogP contribution in [0.3, 0.4) is 0 Å². The van der Waals surface area contributed by atoms with Crippen molar-refractivity contribution in [3.8, 4) is 17.3 Å². The monoisotopic (exact) mass is 443 g/mol. The number of aromatic nitrogens is 2. The van der Waals surface area contributed by atoms with Crippen LogP contribution in [0.5, 0.6) is 5.88 Å². The van der Waals surface area contributed by atoms with E-state index in [9.17, 15) is 18.0 Å². The fraction of sp³-hybridized carbons (Fsp3) is 0.292. The van der Waals surface area contributed by atoms with Crippen LogP contribution in [0.25, 0.3) is 11.4 Å². The molecule has 168 valence electrons. The second-order valence-electron chi connectivity index (χ2n) is 7.53. The molecule has 1 N–H and O–H groups in total. The second kappa shape index (κ2) is 10.3. The highest BCUT2D eigenvalue weighted by Gasteiger charge is 2.30. The average Bonchev–Trinajstić information content (AvgIpc) is 2.76. The Balaban J connectivity index is 1.56. The zero-order valence-electron chi connectivity index (χ0n) is 17.8. The van der Waals surface area contributed by atoms with Crippen molar-refractivity contribution in [3.05, 3.63) is 77.5 Å². The van der Waals surface area contributed by atoms with Crippen LogP contribution < -0.4 is 10.1 Å². The summed E-state index contributed by atoms with van der Waals surface area (Å²) < 4.78 is 43.8. The summed E-state index contributed by atoms with van der Waals surface area (Å²) in [6, 6.07) is 16.1. The van der Waals surface area contributed by atoms with Gasteiger partial charge < -0.3 is 10.1 Å². The maximum Gasteiger partial charge on any atom is 0.416 e. The van der Waals surface area contributed by atoms with Crippen LogP contribution in [0.15, 0.2) is 60.7 Å². The van der Waals surface area contributed by atoms with Gasteiger partial charge in [0.1, 0.15) is 0 Å². The number of nitrogens with zero attached hydrogens (tertiary/aromatic N) is 2. The second-order valence-corrected chi connectivity index (χ2v) is 7.53. The van der Waals surface area contributed by atoms with Crippen molar-refractivity contribution in [1.82, 2.24) is 15.3 Å². The number of nitrogens with one attached hydrogen (secondary N) is 1. The molecule has 0 saturated heterocycles. The number of hydrogen-bond donors (Lipinski definition) is 1. The molecule has 3 aromatic rings. The van der Waals surface area contributed by atoms with Gasteiger partial charge in [-0.2, -0.15) is 18.2 Å². The minimum absolute atomic E-state index is 0.0267. The smallest absolute Gasteiger partial charge is 0.416 e. The van der Waals surface area contributed by atoms with Crippen LogP contribution in [0, 0.1) is 6.92 Å². The van der Waals surface area contributed by atoms with E-state index in [1.165, 1.54) is 17.7 Å². The molecule has 0 aliphatic carbocycles. The Morgan fingerprint density at radius 3 is 2.41 bits per heavy atom. The van der Waals surface area contributed by atoms with E-state index in [4.69, 9.17) is 4.74 Å². The first-order chi connectivity index (χ1) is 15.2. The van der Waals surface area contributed by atoms with Gasteiger partial charge in [-0.1, -0.05) is 42.5 Å². The van der Waals surface area contributed by atoms with Crippen LogP contribution in [0.2, 0.25) is 0 Å². The van der Waals surface area contributed by atoms with Crippen molar-refractivity contribution in [1.29, 1.82) is 0 Å². The number of carbonyl (C=O) groups is 1. The first kappa shape index (κ1) is 23.2. The molecule has 1 heterocycles. The van der Waals surface area contributed by atoms with E-state index in [1.54, 1.807) is 13.0 Å². The lowest BCUT2D eigenvalue weighted by atomic mass is 10.1. The van der Waals surface area contributed by atoms with Gasteiger partial charge >= 0.3 is 6.18 Å². The van der Waals surface area contributed by atoms with Crippen molar-refractivity contribution in [2.45, 2.75) is 38.9 Å². The third-order valence-corrected chi connectivity index (χ3v) is 4.77. The van der Waals surface area contributed by atoms with Crippen LogP contribution in [0.4, 0.5) is 13.2 Å². The molecule has 1 unspecified atom stereocenters. The standard InChI is InChI=1S/C24H24F3N3O2/c1-16(8-9-18-6-4-3-5-7-18)28-21(31)15-32-22-14-17(2)29-23(30-22)19-10-12-20(13-11-19)24(25,26)27/h3-7,10-14,16H,8-9,15H2,1-2H3,(H,28,31). The van der Waals surface area contributed by atoms with Gasteiger partial charge in [0.05, 0.1) is 5.56 Å². The zero-order valence-corrected chi connectivity index (χ0v) is 17.8. The van der Waals surface area contributed by atoms with E-state index < -0.39 is 11.7 Å². The molecular weight excluding hydrogens is 419 g/mol. The number of halogens is 3. The van der Waals surface area contributed by atoms with Crippen molar-refractivity contribution in [2.24, 2.45) is 0 Å². The van der Waals surface area contributed by atoms with E-state index in [0.29, 0.717) is 11.3 Å². The van der Waals surface area contributed by atoms with Gasteiger partial charge in [-0.15, -0.1) is 0 Å². The molecule has 1 aromatic heterocycles. The molecule has 1 amide bonds. The van der Waals surface area contributed by atoms with Gasteiger partial charge in [-0.3, -0.25) is 4.79 Å². The molecule has 0 spiro atoms. The van der Waals surface area contributed by atoms with Crippen LogP contribution in [-0.2, 0) is 17.4 Å². The fourth-order valence-corrected chi connectivity index (χ4v) is 3.11. The normalized spacial score (nSPS) is 12.3. The SMILES string of the molecule is Cc1cc(OCC(=O)NC(C)CCc2ccccc2)nc(-c2ccc(C(F)(F)F)cc2)n1. The van der Waals surface area contributed by atoms with Crippen LogP contribution >= 0.6 is 0 Å². The number of carbonyl (C=O) groups excluding carboxylic acids is 1. The maximum atomic E-state index is 12.8. The Labute approximate surface area is 184 Å². The molecule has 0 fully saturated rings. The summed E-state index contributed by atoms with van der Waals surface area (Å²) in [5, 5.41) is 2.89. The average molecular weight is 443 g/mol. The molecule has 0 aliphatic heterocycles. The Morgan fingerprint density at radius 1 is 1.06 bits per heavy atom. The number of rotatable bonds is 8. The van der Waals surface area contributed by atoms with E-state index in [2.05, 4.69) is 15.3 Å². The molecule has 2 aromatic carbocycles. The summed E-state index contributed by atoms with van der Waals surface area (Å²) in [7, 11) is 0.